The van der Waals surface area contributed by atoms with Gasteiger partial charge in [0.1, 0.15) is 5.82 Å². The van der Waals surface area contributed by atoms with Crippen LogP contribution in [0.1, 0.15) is 24.8 Å². The number of nitrogens with zero attached hydrogens (tertiary/aromatic N) is 2. The topological polar surface area (TPSA) is 29.9 Å². The van der Waals surface area contributed by atoms with Crippen LogP contribution in [-0.2, 0) is 6.42 Å². The van der Waals surface area contributed by atoms with Crippen molar-refractivity contribution in [3.63, 3.8) is 0 Å². The predicted octanol–water partition coefficient (Wildman–Crippen LogP) is 2.70. The molecule has 1 saturated carbocycles. The molecule has 0 radical (unpaired) electrons. The summed E-state index contributed by atoms with van der Waals surface area (Å²) in [6, 6.07) is 7.16. The molecule has 100 valence electrons. The van der Waals surface area contributed by atoms with Crippen molar-refractivity contribution in [1.29, 1.82) is 0 Å². The molecule has 3 rings (SSSR count). The van der Waals surface area contributed by atoms with E-state index in [1.807, 2.05) is 12.4 Å². The van der Waals surface area contributed by atoms with Crippen LogP contribution in [0.3, 0.4) is 0 Å². The largest absolute Gasteiger partial charge is 0.314 e. The summed E-state index contributed by atoms with van der Waals surface area (Å²) < 4.78 is 14.6. The average Bonchev–Trinajstić information content (AvgIpc) is 3.13. The quantitative estimate of drug-likeness (QED) is 0.808. The van der Waals surface area contributed by atoms with E-state index in [0.717, 1.165) is 31.1 Å². The molecule has 3 nitrogen and oxygen atoms in total. The number of hydrogen-bond acceptors (Lipinski definition) is 2. The smallest absolute Gasteiger partial charge is 0.123 e. The molecule has 0 aliphatic heterocycles. The zero-order valence-corrected chi connectivity index (χ0v) is 10.8. The molecule has 19 heavy (non-hydrogen) atoms. The second kappa shape index (κ2) is 5.53. The highest BCUT2D eigenvalue weighted by atomic mass is 19.1. The SMILES string of the molecule is Fc1ccc(-n2cc(CCCNC3CC3)cn2)cc1. The van der Waals surface area contributed by atoms with Crippen molar-refractivity contribution in [2.45, 2.75) is 31.7 Å². The maximum absolute atomic E-state index is 12.8. The van der Waals surface area contributed by atoms with E-state index >= 15 is 0 Å². The molecule has 0 atom stereocenters. The summed E-state index contributed by atoms with van der Waals surface area (Å²) in [6.45, 7) is 1.08. The van der Waals surface area contributed by atoms with Gasteiger partial charge in [-0.05, 0) is 62.1 Å². The van der Waals surface area contributed by atoms with Gasteiger partial charge in [0.25, 0.3) is 0 Å². The van der Waals surface area contributed by atoms with E-state index in [2.05, 4.69) is 10.4 Å². The van der Waals surface area contributed by atoms with E-state index in [1.54, 1.807) is 16.8 Å². The molecular formula is C15H18FN3. The molecule has 0 spiro atoms. The van der Waals surface area contributed by atoms with E-state index in [1.165, 1.54) is 30.5 Å². The maximum atomic E-state index is 12.8. The lowest BCUT2D eigenvalue weighted by molar-refractivity contribution is 0.627. The van der Waals surface area contributed by atoms with Gasteiger partial charge >= 0.3 is 0 Å². The molecule has 1 aliphatic carbocycles. The summed E-state index contributed by atoms with van der Waals surface area (Å²) in [4.78, 5) is 0. The molecular weight excluding hydrogens is 241 g/mol. The van der Waals surface area contributed by atoms with Crippen molar-refractivity contribution in [3.05, 3.63) is 48.0 Å². The van der Waals surface area contributed by atoms with E-state index in [-0.39, 0.29) is 5.82 Å². The third-order valence-electron chi connectivity index (χ3n) is 3.38. The lowest BCUT2D eigenvalue weighted by Gasteiger charge is -2.01. The molecule has 0 unspecified atom stereocenters. The summed E-state index contributed by atoms with van der Waals surface area (Å²) in [5.41, 5.74) is 2.12. The Balaban J connectivity index is 1.54. The van der Waals surface area contributed by atoms with Crippen LogP contribution in [0.4, 0.5) is 4.39 Å². The molecule has 1 aromatic carbocycles. The summed E-state index contributed by atoms with van der Waals surface area (Å²) in [7, 11) is 0. The first-order chi connectivity index (χ1) is 9.31. The highest BCUT2D eigenvalue weighted by Gasteiger charge is 2.19. The number of halogens is 1. The molecule has 0 saturated heterocycles. The number of nitrogens with one attached hydrogen (secondary N) is 1. The van der Waals surface area contributed by atoms with Crippen LogP contribution in [0.5, 0.6) is 0 Å². The first-order valence-electron chi connectivity index (χ1n) is 6.84. The predicted molar refractivity (Wildman–Crippen MR) is 72.9 cm³/mol. The van der Waals surface area contributed by atoms with Gasteiger partial charge in [-0.3, -0.25) is 0 Å². The van der Waals surface area contributed by atoms with Gasteiger partial charge in [-0.15, -0.1) is 0 Å². The maximum Gasteiger partial charge on any atom is 0.123 e. The van der Waals surface area contributed by atoms with Crippen molar-refractivity contribution in [3.8, 4) is 5.69 Å². The van der Waals surface area contributed by atoms with Crippen molar-refractivity contribution in [1.82, 2.24) is 15.1 Å². The summed E-state index contributed by atoms with van der Waals surface area (Å²) >= 11 is 0. The van der Waals surface area contributed by atoms with Crippen LogP contribution >= 0.6 is 0 Å². The van der Waals surface area contributed by atoms with Crippen LogP contribution in [-0.4, -0.2) is 22.4 Å². The highest BCUT2D eigenvalue weighted by molar-refractivity contribution is 5.31. The monoisotopic (exact) mass is 259 g/mol. The van der Waals surface area contributed by atoms with Crippen molar-refractivity contribution in [2.75, 3.05) is 6.54 Å². The number of aromatic nitrogens is 2. The minimum atomic E-state index is -0.220. The fourth-order valence-corrected chi connectivity index (χ4v) is 2.11. The van der Waals surface area contributed by atoms with E-state index < -0.39 is 0 Å². The average molecular weight is 259 g/mol. The normalized spacial score (nSPS) is 14.8. The van der Waals surface area contributed by atoms with Crippen molar-refractivity contribution in [2.24, 2.45) is 0 Å². The van der Waals surface area contributed by atoms with Gasteiger partial charge in [0, 0.05) is 12.2 Å². The first-order valence-corrected chi connectivity index (χ1v) is 6.84. The Labute approximate surface area is 112 Å². The molecule has 0 amide bonds. The Morgan fingerprint density at radius 2 is 2.05 bits per heavy atom. The third-order valence-corrected chi connectivity index (χ3v) is 3.38. The number of aryl methyl sites for hydroxylation is 1. The molecule has 2 aromatic rings. The molecule has 1 heterocycles. The Kier molecular flexibility index (Phi) is 3.60. The second-order valence-electron chi connectivity index (χ2n) is 5.10. The third kappa shape index (κ3) is 3.41. The summed E-state index contributed by atoms with van der Waals surface area (Å²) in [5.74, 6) is -0.220. The lowest BCUT2D eigenvalue weighted by Crippen LogP contribution is -2.17. The van der Waals surface area contributed by atoms with Crippen LogP contribution in [0.15, 0.2) is 36.7 Å². The fraction of sp³-hybridized carbons (Fsp3) is 0.400. The Bertz CT molecular complexity index is 529. The van der Waals surface area contributed by atoms with Crippen molar-refractivity contribution < 1.29 is 4.39 Å². The van der Waals surface area contributed by atoms with Crippen LogP contribution < -0.4 is 5.32 Å². The van der Waals surface area contributed by atoms with Crippen LogP contribution in [0.25, 0.3) is 5.69 Å². The number of hydrogen-bond donors (Lipinski definition) is 1. The Hall–Kier alpha value is -1.68. The molecule has 1 aromatic heterocycles. The first kappa shape index (κ1) is 12.4. The van der Waals surface area contributed by atoms with E-state index in [9.17, 15) is 4.39 Å². The van der Waals surface area contributed by atoms with Gasteiger partial charge < -0.3 is 5.32 Å². The van der Waals surface area contributed by atoms with Crippen molar-refractivity contribution >= 4 is 0 Å². The highest BCUT2D eigenvalue weighted by Crippen LogP contribution is 2.18. The molecule has 1 fully saturated rings. The van der Waals surface area contributed by atoms with Gasteiger partial charge in [-0.2, -0.15) is 5.10 Å². The minimum Gasteiger partial charge on any atom is -0.314 e. The van der Waals surface area contributed by atoms with Gasteiger partial charge in [-0.25, -0.2) is 9.07 Å². The van der Waals surface area contributed by atoms with Gasteiger partial charge in [0.2, 0.25) is 0 Å². The van der Waals surface area contributed by atoms with Crippen LogP contribution in [0, 0.1) is 5.82 Å². The number of rotatable bonds is 6. The van der Waals surface area contributed by atoms with Gasteiger partial charge in [0.15, 0.2) is 0 Å². The minimum absolute atomic E-state index is 0.220. The Morgan fingerprint density at radius 1 is 1.26 bits per heavy atom. The summed E-state index contributed by atoms with van der Waals surface area (Å²) in [5, 5.41) is 7.82. The zero-order valence-electron chi connectivity index (χ0n) is 10.8. The Morgan fingerprint density at radius 3 is 2.79 bits per heavy atom. The van der Waals surface area contributed by atoms with E-state index in [0.29, 0.717) is 0 Å². The molecule has 0 bridgehead atoms. The standard InChI is InChI=1S/C15H18FN3/c16-13-3-7-15(8-4-13)19-11-12(10-18-19)2-1-9-17-14-5-6-14/h3-4,7-8,10-11,14,17H,1-2,5-6,9H2. The second-order valence-corrected chi connectivity index (χ2v) is 5.10. The molecule has 1 aliphatic rings. The summed E-state index contributed by atoms with van der Waals surface area (Å²) in [6.07, 6.45) is 8.74. The zero-order chi connectivity index (χ0) is 13.1. The number of benzene rings is 1. The molecule has 4 heteroatoms. The fourth-order valence-electron chi connectivity index (χ4n) is 2.11. The van der Waals surface area contributed by atoms with Gasteiger partial charge in [0.05, 0.1) is 11.9 Å². The van der Waals surface area contributed by atoms with Gasteiger partial charge in [-0.1, -0.05) is 0 Å². The molecule has 1 N–H and O–H groups in total. The lowest BCUT2D eigenvalue weighted by atomic mass is 10.2. The van der Waals surface area contributed by atoms with E-state index in [4.69, 9.17) is 0 Å². The van der Waals surface area contributed by atoms with Crippen LogP contribution in [0.2, 0.25) is 0 Å².